The Morgan fingerprint density at radius 2 is 2.14 bits per heavy atom. The summed E-state index contributed by atoms with van der Waals surface area (Å²) in [6.07, 6.45) is 2.04. The maximum atomic E-state index is 13.1. The molecule has 0 radical (unpaired) electrons. The number of likely N-dealkylation sites (tertiary alicyclic amines) is 1. The number of nitrogens with zero attached hydrogens (tertiary/aromatic N) is 5. The van der Waals surface area contributed by atoms with Crippen LogP contribution in [0.1, 0.15) is 46.3 Å². The molecule has 0 saturated carbocycles. The molecule has 0 aliphatic carbocycles. The number of aromatic nitrogens is 4. The second-order valence-corrected chi connectivity index (χ2v) is 8.17. The van der Waals surface area contributed by atoms with Gasteiger partial charge in [0.1, 0.15) is 5.82 Å². The number of rotatable bonds is 2. The molecule has 0 bridgehead atoms. The number of hydrogen-bond donors (Lipinski definition) is 1. The first-order valence-electron chi connectivity index (χ1n) is 10.1. The molecule has 0 spiro atoms. The highest BCUT2D eigenvalue weighted by Gasteiger charge is 2.29. The van der Waals surface area contributed by atoms with Crippen LogP contribution >= 0.6 is 0 Å². The van der Waals surface area contributed by atoms with Crippen LogP contribution in [-0.2, 0) is 13.1 Å². The summed E-state index contributed by atoms with van der Waals surface area (Å²) in [4.78, 5) is 25.6. The number of H-pyrrole nitrogens is 1. The van der Waals surface area contributed by atoms with E-state index in [9.17, 15) is 4.79 Å². The van der Waals surface area contributed by atoms with Crippen molar-refractivity contribution in [3.8, 4) is 0 Å². The van der Waals surface area contributed by atoms with Gasteiger partial charge in [-0.1, -0.05) is 12.1 Å². The molecular weight excluding hydrogens is 352 g/mol. The van der Waals surface area contributed by atoms with E-state index in [1.807, 2.05) is 21.7 Å². The predicted molar refractivity (Wildman–Crippen MR) is 107 cm³/mol. The largest absolute Gasteiger partial charge is 0.342 e. The van der Waals surface area contributed by atoms with Crippen LogP contribution in [0, 0.1) is 6.92 Å². The number of carbonyl (C=O) groups is 1. The standard InChI is InChI=1S/C21H26N6O/c1-14-5-3-7-17-19(14)23-20(22-17)15-6-4-8-26(12-15)21(28)18-11-16-13-25(2)9-10-27(16)24-18/h3,5,7,11,15H,4,6,8-10,12-13H2,1-2H3,(H,22,23)/t15-/m0/s1. The highest BCUT2D eigenvalue weighted by atomic mass is 16.2. The van der Waals surface area contributed by atoms with Crippen molar-refractivity contribution in [1.82, 2.24) is 29.5 Å². The Bertz CT molecular complexity index is 1030. The summed E-state index contributed by atoms with van der Waals surface area (Å²) in [5.74, 6) is 1.28. The molecule has 1 amide bonds. The summed E-state index contributed by atoms with van der Waals surface area (Å²) in [7, 11) is 2.10. The summed E-state index contributed by atoms with van der Waals surface area (Å²) in [5, 5.41) is 4.58. The quantitative estimate of drug-likeness (QED) is 0.744. The molecule has 7 heteroatoms. The molecule has 3 aromatic rings. The summed E-state index contributed by atoms with van der Waals surface area (Å²) in [6, 6.07) is 8.17. The number of imidazole rings is 1. The normalized spacial score (nSPS) is 20.5. The van der Waals surface area contributed by atoms with Crippen LogP contribution in [0.2, 0.25) is 0 Å². The average Bonchev–Trinajstić information content (AvgIpc) is 3.32. The molecule has 2 aromatic heterocycles. The first-order valence-corrected chi connectivity index (χ1v) is 10.1. The number of hydrogen-bond acceptors (Lipinski definition) is 4. The first kappa shape index (κ1) is 17.4. The van der Waals surface area contributed by atoms with Crippen LogP contribution in [0.15, 0.2) is 24.3 Å². The Labute approximate surface area is 164 Å². The van der Waals surface area contributed by atoms with E-state index in [4.69, 9.17) is 4.98 Å². The van der Waals surface area contributed by atoms with Gasteiger partial charge in [0.2, 0.25) is 0 Å². The number of para-hydroxylation sites is 1. The van der Waals surface area contributed by atoms with E-state index < -0.39 is 0 Å². The van der Waals surface area contributed by atoms with Crippen LogP contribution in [-0.4, -0.2) is 62.1 Å². The smallest absolute Gasteiger partial charge is 0.274 e. The van der Waals surface area contributed by atoms with Gasteiger partial charge in [0, 0.05) is 32.1 Å². The maximum Gasteiger partial charge on any atom is 0.274 e. The molecule has 0 unspecified atom stereocenters. The third-order valence-electron chi connectivity index (χ3n) is 6.04. The molecule has 5 rings (SSSR count). The lowest BCUT2D eigenvalue weighted by atomic mass is 9.97. The Morgan fingerprint density at radius 1 is 1.25 bits per heavy atom. The van der Waals surface area contributed by atoms with Crippen molar-refractivity contribution in [2.24, 2.45) is 0 Å². The summed E-state index contributed by atoms with van der Waals surface area (Å²) in [5.41, 5.74) is 4.98. The van der Waals surface area contributed by atoms with E-state index >= 15 is 0 Å². The molecule has 4 heterocycles. The van der Waals surface area contributed by atoms with Gasteiger partial charge in [0.15, 0.2) is 5.69 Å². The number of nitrogens with one attached hydrogen (secondary N) is 1. The molecule has 1 fully saturated rings. The third-order valence-corrected chi connectivity index (χ3v) is 6.04. The van der Waals surface area contributed by atoms with Crippen molar-refractivity contribution in [3.63, 3.8) is 0 Å². The van der Waals surface area contributed by atoms with E-state index in [1.54, 1.807) is 0 Å². The minimum atomic E-state index is 0.0431. The Hall–Kier alpha value is -2.67. The van der Waals surface area contributed by atoms with E-state index in [2.05, 4.69) is 41.1 Å². The number of fused-ring (bicyclic) bond motifs is 2. The van der Waals surface area contributed by atoms with Crippen molar-refractivity contribution in [3.05, 3.63) is 47.0 Å². The van der Waals surface area contributed by atoms with Crippen LogP contribution in [0.4, 0.5) is 0 Å². The number of piperidine rings is 1. The fraction of sp³-hybridized carbons (Fsp3) is 0.476. The molecule has 1 N–H and O–H groups in total. The Balaban J connectivity index is 1.36. The SMILES string of the molecule is Cc1cccc2[nH]c([C@H]3CCCN(C(=O)c4cc5n(n4)CCN(C)C5)C3)nc12. The fourth-order valence-electron chi connectivity index (χ4n) is 4.44. The molecule has 2 aliphatic heterocycles. The lowest BCUT2D eigenvalue weighted by Crippen LogP contribution is -2.39. The molecule has 7 nitrogen and oxygen atoms in total. The van der Waals surface area contributed by atoms with Gasteiger partial charge in [-0.05, 0) is 44.5 Å². The van der Waals surface area contributed by atoms with Crippen LogP contribution < -0.4 is 0 Å². The molecule has 146 valence electrons. The van der Waals surface area contributed by atoms with Gasteiger partial charge in [0.05, 0.1) is 23.3 Å². The van der Waals surface area contributed by atoms with Gasteiger partial charge in [0.25, 0.3) is 5.91 Å². The van der Waals surface area contributed by atoms with Gasteiger partial charge >= 0.3 is 0 Å². The highest BCUT2D eigenvalue weighted by molar-refractivity contribution is 5.92. The minimum Gasteiger partial charge on any atom is -0.342 e. The van der Waals surface area contributed by atoms with Crippen LogP contribution in [0.5, 0.6) is 0 Å². The van der Waals surface area contributed by atoms with Gasteiger partial charge in [-0.25, -0.2) is 4.98 Å². The predicted octanol–water partition coefficient (Wildman–Crippen LogP) is 2.53. The number of amides is 1. The molecule has 2 aliphatic rings. The van der Waals surface area contributed by atoms with Crippen LogP contribution in [0.3, 0.4) is 0 Å². The number of aryl methyl sites for hydroxylation is 1. The van der Waals surface area contributed by atoms with Gasteiger partial charge in [-0.15, -0.1) is 0 Å². The first-order chi connectivity index (χ1) is 13.6. The van der Waals surface area contributed by atoms with Crippen LogP contribution in [0.25, 0.3) is 11.0 Å². The van der Waals surface area contributed by atoms with E-state index in [-0.39, 0.29) is 11.8 Å². The molecular formula is C21H26N6O. The maximum absolute atomic E-state index is 13.1. The third kappa shape index (κ3) is 2.99. The zero-order valence-electron chi connectivity index (χ0n) is 16.5. The molecule has 1 aromatic carbocycles. The lowest BCUT2D eigenvalue weighted by Gasteiger charge is -2.31. The zero-order chi connectivity index (χ0) is 19.3. The van der Waals surface area contributed by atoms with Gasteiger partial charge in [-0.3, -0.25) is 14.4 Å². The van der Waals surface area contributed by atoms with Gasteiger partial charge in [-0.2, -0.15) is 5.10 Å². The van der Waals surface area contributed by atoms with Gasteiger partial charge < -0.3 is 9.88 Å². The summed E-state index contributed by atoms with van der Waals surface area (Å²) < 4.78 is 1.98. The topological polar surface area (TPSA) is 70.1 Å². The second kappa shape index (κ2) is 6.74. The molecule has 28 heavy (non-hydrogen) atoms. The van der Waals surface area contributed by atoms with Crippen molar-refractivity contribution >= 4 is 16.9 Å². The van der Waals surface area contributed by atoms with E-state index in [1.165, 1.54) is 5.56 Å². The van der Waals surface area contributed by atoms with Crippen molar-refractivity contribution < 1.29 is 4.79 Å². The lowest BCUT2D eigenvalue weighted by molar-refractivity contribution is 0.0698. The second-order valence-electron chi connectivity index (χ2n) is 8.17. The number of carbonyl (C=O) groups excluding carboxylic acids is 1. The van der Waals surface area contributed by atoms with E-state index in [0.717, 1.165) is 61.6 Å². The highest BCUT2D eigenvalue weighted by Crippen LogP contribution is 2.28. The number of likely N-dealkylation sites (N-methyl/N-ethyl adjacent to an activating group) is 1. The van der Waals surface area contributed by atoms with E-state index in [0.29, 0.717) is 12.2 Å². The number of aromatic amines is 1. The number of benzene rings is 1. The van der Waals surface area contributed by atoms with Crippen molar-refractivity contribution in [1.29, 1.82) is 0 Å². The van der Waals surface area contributed by atoms with Crippen molar-refractivity contribution in [2.45, 2.75) is 38.8 Å². The van der Waals surface area contributed by atoms with Crippen molar-refractivity contribution in [2.75, 3.05) is 26.7 Å². The average molecular weight is 378 g/mol. The minimum absolute atomic E-state index is 0.0431. The zero-order valence-corrected chi connectivity index (χ0v) is 16.5. The Morgan fingerprint density at radius 3 is 3.00 bits per heavy atom. The fourth-order valence-corrected chi connectivity index (χ4v) is 4.44. The Kier molecular flexibility index (Phi) is 4.19. The molecule has 1 atom stereocenters. The summed E-state index contributed by atoms with van der Waals surface area (Å²) in [6.45, 7) is 6.24. The monoisotopic (exact) mass is 378 g/mol. The summed E-state index contributed by atoms with van der Waals surface area (Å²) >= 11 is 0. The molecule has 1 saturated heterocycles.